The van der Waals surface area contributed by atoms with Crippen molar-refractivity contribution in [3.63, 3.8) is 0 Å². The fourth-order valence-corrected chi connectivity index (χ4v) is 3.47. The molecule has 0 bridgehead atoms. The van der Waals surface area contributed by atoms with Crippen LogP contribution in [0.3, 0.4) is 0 Å². The maximum atomic E-state index is 12.6. The van der Waals surface area contributed by atoms with Crippen molar-refractivity contribution in [2.45, 2.75) is 12.8 Å². The Balaban J connectivity index is 1.38. The van der Waals surface area contributed by atoms with Crippen molar-refractivity contribution in [1.29, 1.82) is 0 Å². The topological polar surface area (TPSA) is 76.6 Å². The van der Waals surface area contributed by atoms with Gasteiger partial charge in [0.25, 0.3) is 5.91 Å². The molecule has 142 valence electrons. The highest BCUT2D eigenvalue weighted by Crippen LogP contribution is 2.26. The molecule has 0 radical (unpaired) electrons. The number of para-hydroxylation sites is 1. The number of hydrogen-bond donors (Lipinski definition) is 1. The molecule has 1 saturated heterocycles. The summed E-state index contributed by atoms with van der Waals surface area (Å²) in [6.45, 7) is 3.82. The zero-order valence-electron chi connectivity index (χ0n) is 15.3. The molecule has 2 aliphatic rings. The van der Waals surface area contributed by atoms with E-state index in [0.717, 1.165) is 25.1 Å². The first-order valence-corrected chi connectivity index (χ1v) is 9.43. The van der Waals surface area contributed by atoms with Gasteiger partial charge in [0.15, 0.2) is 0 Å². The van der Waals surface area contributed by atoms with Crippen LogP contribution in [0.2, 0.25) is 0 Å². The maximum Gasteiger partial charge on any atom is 0.274 e. The van der Waals surface area contributed by atoms with Gasteiger partial charge in [-0.15, -0.1) is 0 Å². The number of rotatable bonds is 4. The summed E-state index contributed by atoms with van der Waals surface area (Å²) in [4.78, 5) is 23.0. The van der Waals surface area contributed by atoms with E-state index in [1.807, 2.05) is 18.2 Å². The summed E-state index contributed by atoms with van der Waals surface area (Å²) in [6, 6.07) is 8.20. The third-order valence-electron chi connectivity index (χ3n) is 4.99. The number of carbonyl (C=O) groups is 1. The molecule has 1 amide bonds. The second-order valence-corrected chi connectivity index (χ2v) is 6.89. The van der Waals surface area contributed by atoms with Crippen LogP contribution in [0.1, 0.15) is 22.5 Å². The Morgan fingerprint density at radius 3 is 2.93 bits per heavy atom. The predicted octanol–water partition coefficient (Wildman–Crippen LogP) is 2.00. The first-order valence-electron chi connectivity index (χ1n) is 9.43. The molecular formula is C20H24N4O3. The fourth-order valence-electron chi connectivity index (χ4n) is 3.47. The normalized spacial score (nSPS) is 19.6. The monoisotopic (exact) mass is 368 g/mol. The molecule has 0 spiro atoms. The lowest BCUT2D eigenvalue weighted by Crippen LogP contribution is -2.41. The standard InChI is InChI=1S/C20H24N4O3/c25-20(24-6-9-26-10-7-24)17-13-21-14-19(23-17)22-12-15-5-8-27-18-4-2-1-3-16(18)11-15/h1-4,13-15H,5-12H2,(H,22,23)/t15-/m0/s1. The number of ether oxygens (including phenoxy) is 2. The van der Waals surface area contributed by atoms with Crippen LogP contribution in [0.5, 0.6) is 5.75 Å². The van der Waals surface area contributed by atoms with Gasteiger partial charge in [-0.25, -0.2) is 4.98 Å². The second-order valence-electron chi connectivity index (χ2n) is 6.89. The van der Waals surface area contributed by atoms with Gasteiger partial charge >= 0.3 is 0 Å². The highest BCUT2D eigenvalue weighted by Gasteiger charge is 2.21. The lowest BCUT2D eigenvalue weighted by Gasteiger charge is -2.26. The summed E-state index contributed by atoms with van der Waals surface area (Å²) in [5, 5.41) is 3.35. The number of morpholine rings is 1. The molecule has 1 N–H and O–H groups in total. The van der Waals surface area contributed by atoms with E-state index >= 15 is 0 Å². The number of anilines is 1. The molecule has 1 fully saturated rings. The molecule has 0 saturated carbocycles. The number of benzene rings is 1. The van der Waals surface area contributed by atoms with Crippen LogP contribution in [0, 0.1) is 5.92 Å². The van der Waals surface area contributed by atoms with Gasteiger partial charge in [0.05, 0.1) is 32.2 Å². The Bertz CT molecular complexity index is 792. The third kappa shape index (κ3) is 4.36. The minimum Gasteiger partial charge on any atom is -0.493 e. The van der Waals surface area contributed by atoms with Crippen molar-refractivity contribution in [2.24, 2.45) is 5.92 Å². The summed E-state index contributed by atoms with van der Waals surface area (Å²) >= 11 is 0. The van der Waals surface area contributed by atoms with Crippen molar-refractivity contribution < 1.29 is 14.3 Å². The van der Waals surface area contributed by atoms with E-state index in [4.69, 9.17) is 9.47 Å². The minimum absolute atomic E-state index is 0.0914. The summed E-state index contributed by atoms with van der Waals surface area (Å²) in [6.07, 6.45) is 5.13. The molecule has 0 unspecified atom stereocenters. The molecular weight excluding hydrogens is 344 g/mol. The molecule has 1 aromatic carbocycles. The van der Waals surface area contributed by atoms with Crippen molar-refractivity contribution in [3.8, 4) is 5.75 Å². The maximum absolute atomic E-state index is 12.6. The van der Waals surface area contributed by atoms with Crippen LogP contribution in [0.25, 0.3) is 0 Å². The molecule has 7 nitrogen and oxygen atoms in total. The van der Waals surface area contributed by atoms with Gasteiger partial charge in [0, 0.05) is 19.6 Å². The van der Waals surface area contributed by atoms with Crippen molar-refractivity contribution in [3.05, 3.63) is 47.9 Å². The smallest absolute Gasteiger partial charge is 0.274 e. The summed E-state index contributed by atoms with van der Waals surface area (Å²) in [7, 11) is 0. The van der Waals surface area contributed by atoms with Crippen molar-refractivity contribution in [1.82, 2.24) is 14.9 Å². The van der Waals surface area contributed by atoms with E-state index in [1.54, 1.807) is 11.1 Å². The van der Waals surface area contributed by atoms with E-state index in [-0.39, 0.29) is 5.91 Å². The molecule has 2 aromatic rings. The van der Waals surface area contributed by atoms with E-state index in [1.165, 1.54) is 11.8 Å². The van der Waals surface area contributed by atoms with E-state index in [0.29, 0.717) is 50.3 Å². The number of aromatic nitrogens is 2. The zero-order chi connectivity index (χ0) is 18.5. The van der Waals surface area contributed by atoms with Crippen molar-refractivity contribution in [2.75, 3.05) is 44.8 Å². The average Bonchev–Trinajstić information content (AvgIpc) is 2.94. The SMILES string of the molecule is O=C(c1cncc(NC[C@H]2CCOc3ccccc3C2)n1)N1CCOCC1. The number of fused-ring (bicyclic) bond motifs is 1. The molecule has 2 aliphatic heterocycles. The molecule has 1 atom stereocenters. The Morgan fingerprint density at radius 2 is 2.04 bits per heavy atom. The number of carbonyl (C=O) groups excluding carboxylic acids is 1. The predicted molar refractivity (Wildman–Crippen MR) is 101 cm³/mol. The Morgan fingerprint density at radius 1 is 1.19 bits per heavy atom. The highest BCUT2D eigenvalue weighted by molar-refractivity contribution is 5.92. The van der Waals surface area contributed by atoms with Crippen LogP contribution in [-0.2, 0) is 11.2 Å². The van der Waals surface area contributed by atoms with Gasteiger partial charge in [-0.05, 0) is 30.4 Å². The Labute approximate surface area is 158 Å². The first kappa shape index (κ1) is 17.7. The van der Waals surface area contributed by atoms with Gasteiger partial charge in [0.1, 0.15) is 17.3 Å². The van der Waals surface area contributed by atoms with Crippen LogP contribution in [0.15, 0.2) is 36.7 Å². The Kier molecular flexibility index (Phi) is 5.48. The Hall–Kier alpha value is -2.67. The van der Waals surface area contributed by atoms with Gasteiger partial charge in [-0.2, -0.15) is 0 Å². The number of amides is 1. The largest absolute Gasteiger partial charge is 0.493 e. The lowest BCUT2D eigenvalue weighted by atomic mass is 9.97. The van der Waals surface area contributed by atoms with Crippen LogP contribution >= 0.6 is 0 Å². The molecule has 27 heavy (non-hydrogen) atoms. The first-order chi connectivity index (χ1) is 13.3. The van der Waals surface area contributed by atoms with Crippen LogP contribution in [-0.4, -0.2) is 60.2 Å². The van der Waals surface area contributed by atoms with Gasteiger partial charge in [-0.1, -0.05) is 18.2 Å². The third-order valence-corrected chi connectivity index (χ3v) is 4.99. The number of hydrogen-bond acceptors (Lipinski definition) is 6. The molecule has 1 aromatic heterocycles. The summed E-state index contributed by atoms with van der Waals surface area (Å²) < 4.78 is 11.1. The van der Waals surface area contributed by atoms with Crippen LogP contribution in [0.4, 0.5) is 5.82 Å². The summed E-state index contributed by atoms with van der Waals surface area (Å²) in [5.74, 6) is 1.96. The summed E-state index contributed by atoms with van der Waals surface area (Å²) in [5.41, 5.74) is 1.61. The molecule has 0 aliphatic carbocycles. The molecule has 4 rings (SSSR count). The van der Waals surface area contributed by atoms with E-state index in [2.05, 4.69) is 21.4 Å². The number of nitrogens with one attached hydrogen (secondary N) is 1. The molecule has 7 heteroatoms. The lowest BCUT2D eigenvalue weighted by molar-refractivity contribution is 0.0299. The van der Waals surface area contributed by atoms with Gasteiger partial charge in [-0.3, -0.25) is 9.78 Å². The fraction of sp³-hybridized carbons (Fsp3) is 0.450. The van der Waals surface area contributed by atoms with Crippen LogP contribution < -0.4 is 10.1 Å². The average molecular weight is 368 g/mol. The molecule has 3 heterocycles. The number of nitrogens with zero attached hydrogens (tertiary/aromatic N) is 3. The second kappa shape index (κ2) is 8.35. The van der Waals surface area contributed by atoms with E-state index < -0.39 is 0 Å². The minimum atomic E-state index is -0.0914. The quantitative estimate of drug-likeness (QED) is 0.890. The zero-order valence-corrected chi connectivity index (χ0v) is 15.3. The van der Waals surface area contributed by atoms with Gasteiger partial charge in [0.2, 0.25) is 0 Å². The highest BCUT2D eigenvalue weighted by atomic mass is 16.5. The van der Waals surface area contributed by atoms with E-state index in [9.17, 15) is 4.79 Å². The van der Waals surface area contributed by atoms with Gasteiger partial charge < -0.3 is 19.7 Å². The van der Waals surface area contributed by atoms with Crippen molar-refractivity contribution >= 4 is 11.7 Å².